The van der Waals surface area contributed by atoms with Crippen LogP contribution in [0, 0.1) is 0 Å². The van der Waals surface area contributed by atoms with Gasteiger partial charge in [-0.1, -0.05) is 23.2 Å². The van der Waals surface area contributed by atoms with E-state index in [-0.39, 0.29) is 31.3 Å². The minimum atomic E-state index is -4.60. The van der Waals surface area contributed by atoms with Gasteiger partial charge in [0.15, 0.2) is 5.69 Å². The standard InChI is InChI=1S/C14H11BrCl2F3N3O/c1-3-21-13(24)7-4-6(8(16)5-9(7)17)11-10(15)12(14(18,19)20)23(2)22-11/h4-5H,3H2,1-2H3,(H,21,24). The minimum absolute atomic E-state index is 0.0305. The predicted molar refractivity (Wildman–Crippen MR) is 89.4 cm³/mol. The van der Waals surface area contributed by atoms with Crippen LogP contribution in [0.25, 0.3) is 11.3 Å². The number of alkyl halides is 3. The van der Waals surface area contributed by atoms with Crippen LogP contribution in [0.3, 0.4) is 0 Å². The smallest absolute Gasteiger partial charge is 0.352 e. The van der Waals surface area contributed by atoms with Gasteiger partial charge in [0.1, 0.15) is 5.69 Å². The van der Waals surface area contributed by atoms with E-state index < -0.39 is 17.8 Å². The topological polar surface area (TPSA) is 46.9 Å². The predicted octanol–water partition coefficient (Wildman–Crippen LogP) is 4.92. The van der Waals surface area contributed by atoms with Gasteiger partial charge in [-0.25, -0.2) is 0 Å². The molecule has 0 aliphatic rings. The van der Waals surface area contributed by atoms with Crippen LogP contribution < -0.4 is 5.32 Å². The Kier molecular flexibility index (Phi) is 5.51. The van der Waals surface area contributed by atoms with Crippen molar-refractivity contribution in [1.29, 1.82) is 0 Å². The molecule has 2 aromatic rings. The summed E-state index contributed by atoms with van der Waals surface area (Å²) < 4.78 is 39.8. The molecule has 2 rings (SSSR count). The number of amides is 1. The molecule has 10 heteroatoms. The number of hydrogen-bond donors (Lipinski definition) is 1. The maximum Gasteiger partial charge on any atom is 0.434 e. The fraction of sp³-hybridized carbons (Fsp3) is 0.286. The molecule has 1 aromatic heterocycles. The quantitative estimate of drug-likeness (QED) is 0.729. The Balaban J connectivity index is 2.66. The zero-order valence-electron chi connectivity index (χ0n) is 12.4. The fourth-order valence-corrected chi connectivity index (χ4v) is 3.47. The Morgan fingerprint density at radius 2 is 1.96 bits per heavy atom. The van der Waals surface area contributed by atoms with E-state index in [0.717, 1.165) is 0 Å². The zero-order chi connectivity index (χ0) is 18.2. The van der Waals surface area contributed by atoms with Gasteiger partial charge in [-0.2, -0.15) is 18.3 Å². The molecule has 130 valence electrons. The molecule has 0 fully saturated rings. The molecule has 0 spiro atoms. The van der Waals surface area contributed by atoms with E-state index in [4.69, 9.17) is 23.2 Å². The minimum Gasteiger partial charge on any atom is -0.352 e. The molecular weight excluding hydrogens is 434 g/mol. The number of carbonyl (C=O) groups is 1. The molecule has 0 aliphatic carbocycles. The molecule has 0 saturated heterocycles. The third kappa shape index (κ3) is 3.55. The van der Waals surface area contributed by atoms with Crippen LogP contribution in [0.15, 0.2) is 16.6 Å². The van der Waals surface area contributed by atoms with Crippen molar-refractivity contribution in [3.05, 3.63) is 37.9 Å². The lowest BCUT2D eigenvalue weighted by molar-refractivity contribution is -0.144. The molecule has 0 atom stereocenters. The average molecular weight is 445 g/mol. The Morgan fingerprint density at radius 3 is 2.46 bits per heavy atom. The summed E-state index contributed by atoms with van der Waals surface area (Å²) in [7, 11) is 1.17. The lowest BCUT2D eigenvalue weighted by Crippen LogP contribution is -2.23. The molecule has 24 heavy (non-hydrogen) atoms. The van der Waals surface area contributed by atoms with Gasteiger partial charge in [0.05, 0.1) is 20.1 Å². The summed E-state index contributed by atoms with van der Waals surface area (Å²) in [4.78, 5) is 12.0. The first-order valence-corrected chi connectivity index (χ1v) is 8.20. The van der Waals surface area contributed by atoms with Gasteiger partial charge in [0.2, 0.25) is 0 Å². The van der Waals surface area contributed by atoms with Crippen molar-refractivity contribution >= 4 is 45.0 Å². The molecule has 0 aliphatic heterocycles. The first-order valence-electron chi connectivity index (χ1n) is 6.65. The third-order valence-electron chi connectivity index (χ3n) is 3.15. The number of nitrogens with one attached hydrogen (secondary N) is 1. The second kappa shape index (κ2) is 6.93. The first kappa shape index (κ1) is 19.1. The van der Waals surface area contributed by atoms with Gasteiger partial charge in [0.25, 0.3) is 5.91 Å². The van der Waals surface area contributed by atoms with E-state index in [1.165, 1.54) is 19.2 Å². The molecule has 1 heterocycles. The summed E-state index contributed by atoms with van der Waals surface area (Å²) in [5.41, 5.74) is -0.718. The summed E-state index contributed by atoms with van der Waals surface area (Å²) in [6, 6.07) is 2.63. The summed E-state index contributed by atoms with van der Waals surface area (Å²) in [6.07, 6.45) is -4.60. The van der Waals surface area contributed by atoms with Crippen LogP contribution in [0.5, 0.6) is 0 Å². The lowest BCUT2D eigenvalue weighted by Gasteiger charge is -2.09. The highest BCUT2D eigenvalue weighted by Gasteiger charge is 2.39. The number of carbonyl (C=O) groups excluding carboxylic acids is 1. The number of hydrogen-bond acceptors (Lipinski definition) is 2. The van der Waals surface area contributed by atoms with Gasteiger partial charge in [-0.3, -0.25) is 9.48 Å². The Labute approximate surface area is 154 Å². The van der Waals surface area contributed by atoms with Crippen LogP contribution in [0.1, 0.15) is 23.0 Å². The lowest BCUT2D eigenvalue weighted by atomic mass is 10.1. The van der Waals surface area contributed by atoms with Gasteiger partial charge < -0.3 is 5.32 Å². The monoisotopic (exact) mass is 443 g/mol. The van der Waals surface area contributed by atoms with Crippen molar-refractivity contribution < 1.29 is 18.0 Å². The van der Waals surface area contributed by atoms with Crippen molar-refractivity contribution in [2.24, 2.45) is 7.05 Å². The molecule has 0 saturated carbocycles. The largest absolute Gasteiger partial charge is 0.434 e. The van der Waals surface area contributed by atoms with Crippen LogP contribution in [-0.4, -0.2) is 22.2 Å². The van der Waals surface area contributed by atoms with E-state index in [1.54, 1.807) is 6.92 Å². The van der Waals surface area contributed by atoms with Crippen LogP contribution in [0.4, 0.5) is 13.2 Å². The maximum atomic E-state index is 13.1. The van der Waals surface area contributed by atoms with Crippen molar-refractivity contribution in [2.45, 2.75) is 13.1 Å². The maximum absolute atomic E-state index is 13.1. The van der Waals surface area contributed by atoms with Gasteiger partial charge in [-0.05, 0) is 35.0 Å². The van der Waals surface area contributed by atoms with Crippen LogP contribution in [0.2, 0.25) is 10.0 Å². The van der Waals surface area contributed by atoms with Crippen LogP contribution in [-0.2, 0) is 13.2 Å². The SMILES string of the molecule is CCNC(=O)c1cc(-c2nn(C)c(C(F)(F)F)c2Br)c(Cl)cc1Cl. The second-order valence-electron chi connectivity index (χ2n) is 4.80. The fourth-order valence-electron chi connectivity index (χ4n) is 2.14. The molecule has 1 aromatic carbocycles. The van der Waals surface area contributed by atoms with E-state index in [2.05, 4.69) is 26.3 Å². The Morgan fingerprint density at radius 1 is 1.33 bits per heavy atom. The number of nitrogens with zero attached hydrogens (tertiary/aromatic N) is 2. The number of halogens is 6. The molecule has 1 amide bonds. The summed E-state index contributed by atoms with van der Waals surface area (Å²) in [5, 5.41) is 6.63. The van der Waals surface area contributed by atoms with Gasteiger partial charge in [-0.15, -0.1) is 0 Å². The normalized spacial score (nSPS) is 11.7. The number of benzene rings is 1. The zero-order valence-corrected chi connectivity index (χ0v) is 15.5. The first-order chi connectivity index (χ1) is 11.1. The van der Waals surface area contributed by atoms with Gasteiger partial charge in [0, 0.05) is 19.2 Å². The summed E-state index contributed by atoms with van der Waals surface area (Å²) in [5.74, 6) is -0.455. The molecule has 0 bridgehead atoms. The molecule has 4 nitrogen and oxygen atoms in total. The summed E-state index contributed by atoms with van der Waals surface area (Å²) in [6.45, 7) is 2.10. The van der Waals surface area contributed by atoms with Crippen LogP contribution >= 0.6 is 39.1 Å². The van der Waals surface area contributed by atoms with E-state index >= 15 is 0 Å². The van der Waals surface area contributed by atoms with E-state index in [0.29, 0.717) is 11.2 Å². The molecule has 1 N–H and O–H groups in total. The van der Waals surface area contributed by atoms with Crippen molar-refractivity contribution in [3.8, 4) is 11.3 Å². The Bertz CT molecular complexity index is 806. The Hall–Kier alpha value is -1.25. The number of aryl methyl sites for hydroxylation is 1. The highest BCUT2D eigenvalue weighted by Crippen LogP contribution is 2.42. The second-order valence-corrected chi connectivity index (χ2v) is 6.41. The van der Waals surface area contributed by atoms with E-state index in [9.17, 15) is 18.0 Å². The van der Waals surface area contributed by atoms with Crippen molar-refractivity contribution in [2.75, 3.05) is 6.54 Å². The van der Waals surface area contributed by atoms with E-state index in [1.807, 2.05) is 0 Å². The summed E-state index contributed by atoms with van der Waals surface area (Å²) >= 11 is 15.0. The highest BCUT2D eigenvalue weighted by atomic mass is 79.9. The van der Waals surface area contributed by atoms with Gasteiger partial charge >= 0.3 is 6.18 Å². The third-order valence-corrected chi connectivity index (χ3v) is 4.53. The highest BCUT2D eigenvalue weighted by molar-refractivity contribution is 9.10. The molecule has 0 unspecified atom stereocenters. The number of rotatable bonds is 3. The number of aromatic nitrogens is 2. The van der Waals surface area contributed by atoms with Crippen molar-refractivity contribution in [3.63, 3.8) is 0 Å². The average Bonchev–Trinajstić information content (AvgIpc) is 2.73. The molecular formula is C14H11BrCl2F3N3O. The van der Waals surface area contributed by atoms with Crippen molar-refractivity contribution in [1.82, 2.24) is 15.1 Å². The molecule has 0 radical (unpaired) electrons.